The number of hydrogen-bond acceptors (Lipinski definition) is 1. The van der Waals surface area contributed by atoms with Crippen LogP contribution in [-0.4, -0.2) is 9.55 Å². The smallest absolute Gasteiger partial charge is 0.0710 e. The van der Waals surface area contributed by atoms with Crippen LogP contribution in [0.1, 0.15) is 0 Å². The Morgan fingerprint density at radius 3 is 1.75 bits per heavy atom. The third-order valence-electron chi connectivity index (χ3n) is 9.30. The molecule has 0 bridgehead atoms. The SMILES string of the molecule is Brc1ccccc1-c1ccc(-c2ccc3c4ccc(-c5ccc6ccccc6n5)cc4n(-c4ccc(-c5ccccc5)cc4)c3c2)cc1. The van der Waals surface area contributed by atoms with Gasteiger partial charge in [-0.25, -0.2) is 4.98 Å². The number of benzene rings is 7. The van der Waals surface area contributed by atoms with Crippen molar-refractivity contribution < 1.29 is 0 Å². The Morgan fingerprint density at radius 1 is 0.417 bits per heavy atom. The van der Waals surface area contributed by atoms with Gasteiger partial charge in [-0.05, 0) is 75.8 Å². The van der Waals surface area contributed by atoms with Crippen LogP contribution < -0.4 is 0 Å². The molecule has 0 unspecified atom stereocenters. The summed E-state index contributed by atoms with van der Waals surface area (Å²) in [5, 5.41) is 3.59. The average molecular weight is 678 g/mol. The number of halogens is 1. The highest BCUT2D eigenvalue weighted by Crippen LogP contribution is 2.38. The molecule has 0 saturated carbocycles. The van der Waals surface area contributed by atoms with Crippen molar-refractivity contribution in [3.63, 3.8) is 0 Å². The van der Waals surface area contributed by atoms with Crippen molar-refractivity contribution in [3.05, 3.63) is 180 Å². The highest BCUT2D eigenvalue weighted by molar-refractivity contribution is 9.10. The molecule has 0 saturated heterocycles. The Kier molecular flexibility index (Phi) is 6.99. The molecule has 0 radical (unpaired) electrons. The van der Waals surface area contributed by atoms with Crippen LogP contribution in [0, 0.1) is 0 Å². The van der Waals surface area contributed by atoms with Crippen molar-refractivity contribution in [1.82, 2.24) is 9.55 Å². The van der Waals surface area contributed by atoms with Gasteiger partial charge in [0.15, 0.2) is 0 Å². The molecular weight excluding hydrogens is 648 g/mol. The highest BCUT2D eigenvalue weighted by atomic mass is 79.9. The molecule has 0 aliphatic heterocycles. The summed E-state index contributed by atoms with van der Waals surface area (Å²) in [5.74, 6) is 0. The van der Waals surface area contributed by atoms with Crippen molar-refractivity contribution in [2.75, 3.05) is 0 Å². The Balaban J connectivity index is 1.21. The van der Waals surface area contributed by atoms with Crippen molar-refractivity contribution >= 4 is 48.6 Å². The number of nitrogens with zero attached hydrogens (tertiary/aromatic N) is 2. The van der Waals surface area contributed by atoms with E-state index in [1.165, 1.54) is 49.7 Å². The van der Waals surface area contributed by atoms with Gasteiger partial charge < -0.3 is 4.57 Å². The lowest BCUT2D eigenvalue weighted by atomic mass is 9.99. The van der Waals surface area contributed by atoms with E-state index in [-0.39, 0.29) is 0 Å². The fourth-order valence-corrected chi connectivity index (χ4v) is 7.35. The molecular formula is C45H29BrN2. The number of hydrogen-bond donors (Lipinski definition) is 0. The molecule has 0 spiro atoms. The average Bonchev–Trinajstić information content (AvgIpc) is 3.48. The molecule has 9 rings (SSSR count). The molecule has 7 aromatic carbocycles. The van der Waals surface area contributed by atoms with E-state index >= 15 is 0 Å². The van der Waals surface area contributed by atoms with Crippen molar-refractivity contribution in [2.45, 2.75) is 0 Å². The Hall–Kier alpha value is -5.77. The fraction of sp³-hybridized carbons (Fsp3) is 0. The summed E-state index contributed by atoms with van der Waals surface area (Å²) in [4.78, 5) is 5.03. The van der Waals surface area contributed by atoms with Gasteiger partial charge in [0.2, 0.25) is 0 Å². The zero-order valence-electron chi connectivity index (χ0n) is 26.0. The number of para-hydroxylation sites is 1. The van der Waals surface area contributed by atoms with E-state index in [1.807, 2.05) is 12.1 Å². The maximum atomic E-state index is 5.03. The summed E-state index contributed by atoms with van der Waals surface area (Å²) >= 11 is 3.71. The molecule has 0 atom stereocenters. The van der Waals surface area contributed by atoms with E-state index in [1.54, 1.807) is 0 Å². The third-order valence-corrected chi connectivity index (χ3v) is 9.99. The minimum Gasteiger partial charge on any atom is -0.309 e. The van der Waals surface area contributed by atoms with Gasteiger partial charge in [-0.15, -0.1) is 0 Å². The van der Waals surface area contributed by atoms with E-state index in [9.17, 15) is 0 Å². The van der Waals surface area contributed by atoms with Crippen LogP contribution in [0.3, 0.4) is 0 Å². The fourth-order valence-electron chi connectivity index (χ4n) is 6.83. The number of pyridine rings is 1. The first kappa shape index (κ1) is 28.5. The summed E-state index contributed by atoms with van der Waals surface area (Å²) in [5.41, 5.74) is 13.7. The summed E-state index contributed by atoms with van der Waals surface area (Å²) in [6.07, 6.45) is 0. The normalized spacial score (nSPS) is 11.4. The summed E-state index contributed by atoms with van der Waals surface area (Å²) in [6, 6.07) is 62.9. The minimum absolute atomic E-state index is 0.970. The molecule has 9 aromatic rings. The number of rotatable bonds is 5. The lowest BCUT2D eigenvalue weighted by molar-refractivity contribution is 1.18. The van der Waals surface area contributed by atoms with Crippen molar-refractivity contribution in [2.24, 2.45) is 0 Å². The molecule has 0 aliphatic rings. The molecule has 0 fully saturated rings. The summed E-state index contributed by atoms with van der Waals surface area (Å²) < 4.78 is 3.50. The Labute approximate surface area is 287 Å². The lowest BCUT2D eigenvalue weighted by Gasteiger charge is -2.11. The highest BCUT2D eigenvalue weighted by Gasteiger charge is 2.16. The summed E-state index contributed by atoms with van der Waals surface area (Å²) in [6.45, 7) is 0. The first-order chi connectivity index (χ1) is 23.7. The first-order valence-corrected chi connectivity index (χ1v) is 16.9. The van der Waals surface area contributed by atoms with Crippen LogP contribution >= 0.6 is 15.9 Å². The molecule has 0 aliphatic carbocycles. The predicted octanol–water partition coefficient (Wildman–Crippen LogP) is 12.8. The van der Waals surface area contributed by atoms with E-state index < -0.39 is 0 Å². The van der Waals surface area contributed by atoms with Crippen molar-refractivity contribution in [1.29, 1.82) is 0 Å². The van der Waals surface area contributed by atoms with Crippen LogP contribution in [0.15, 0.2) is 180 Å². The van der Waals surface area contributed by atoms with E-state index in [2.05, 4.69) is 184 Å². The Bertz CT molecular complexity index is 2600. The van der Waals surface area contributed by atoms with Gasteiger partial charge in [0, 0.05) is 31.9 Å². The van der Waals surface area contributed by atoms with Crippen LogP contribution in [0.25, 0.3) is 83.0 Å². The van der Waals surface area contributed by atoms with Gasteiger partial charge in [-0.1, -0.05) is 149 Å². The lowest BCUT2D eigenvalue weighted by Crippen LogP contribution is -1.95. The molecule has 3 heteroatoms. The van der Waals surface area contributed by atoms with E-state index in [0.29, 0.717) is 0 Å². The van der Waals surface area contributed by atoms with E-state index in [4.69, 9.17) is 4.98 Å². The van der Waals surface area contributed by atoms with Crippen LogP contribution in [0.2, 0.25) is 0 Å². The van der Waals surface area contributed by atoms with Gasteiger partial charge in [0.1, 0.15) is 0 Å². The topological polar surface area (TPSA) is 17.8 Å². The minimum atomic E-state index is 0.970. The largest absolute Gasteiger partial charge is 0.309 e. The van der Waals surface area contributed by atoms with Crippen LogP contribution in [-0.2, 0) is 0 Å². The monoisotopic (exact) mass is 676 g/mol. The van der Waals surface area contributed by atoms with Crippen LogP contribution in [0.4, 0.5) is 0 Å². The predicted molar refractivity (Wildman–Crippen MR) is 206 cm³/mol. The second-order valence-electron chi connectivity index (χ2n) is 12.2. The van der Waals surface area contributed by atoms with Gasteiger partial charge in [0.05, 0.1) is 22.2 Å². The first-order valence-electron chi connectivity index (χ1n) is 16.2. The van der Waals surface area contributed by atoms with Gasteiger partial charge in [0.25, 0.3) is 0 Å². The van der Waals surface area contributed by atoms with Crippen LogP contribution in [0.5, 0.6) is 0 Å². The maximum absolute atomic E-state index is 5.03. The molecule has 2 nitrogen and oxygen atoms in total. The molecule has 2 heterocycles. The molecule has 48 heavy (non-hydrogen) atoms. The van der Waals surface area contributed by atoms with Gasteiger partial charge in [-0.3, -0.25) is 0 Å². The van der Waals surface area contributed by atoms with Gasteiger partial charge in [-0.2, -0.15) is 0 Å². The second-order valence-corrected chi connectivity index (χ2v) is 13.0. The van der Waals surface area contributed by atoms with E-state index in [0.717, 1.165) is 37.8 Å². The number of fused-ring (bicyclic) bond motifs is 4. The molecule has 0 N–H and O–H groups in total. The molecule has 0 amide bonds. The standard InChI is InChI=1S/C45H29BrN2/c46-41-12-6-5-11-38(41)33-16-14-32(15-17-33)35-20-25-39-40-26-21-36(43-27-22-34-10-4-7-13-42(34)47-43)29-45(40)48(44(39)28-35)37-23-18-31(19-24-37)30-8-2-1-3-9-30/h1-29H. The van der Waals surface area contributed by atoms with Gasteiger partial charge >= 0.3 is 0 Å². The summed E-state index contributed by atoms with van der Waals surface area (Å²) in [7, 11) is 0. The van der Waals surface area contributed by atoms with Crippen molar-refractivity contribution in [3.8, 4) is 50.3 Å². The third kappa shape index (κ3) is 5.00. The quantitative estimate of drug-likeness (QED) is 0.177. The number of aromatic nitrogens is 2. The molecule has 2 aromatic heterocycles. The zero-order valence-corrected chi connectivity index (χ0v) is 27.6. The maximum Gasteiger partial charge on any atom is 0.0710 e. The molecule has 226 valence electrons. The Morgan fingerprint density at radius 2 is 0.979 bits per heavy atom. The second kappa shape index (κ2) is 11.8. The zero-order chi connectivity index (χ0) is 32.0.